The molecule has 0 amide bonds. The van der Waals surface area contributed by atoms with Crippen LogP contribution < -0.4 is 19.5 Å². The highest BCUT2D eigenvalue weighted by Gasteiger charge is 2.16. The first-order valence-corrected chi connectivity index (χ1v) is 6.72. The largest absolute Gasteiger partial charge is 0.493 e. The monoisotopic (exact) mass is 267 g/mol. The molecule has 19 heavy (non-hydrogen) atoms. The van der Waals surface area contributed by atoms with Gasteiger partial charge in [0.05, 0.1) is 21.3 Å². The summed E-state index contributed by atoms with van der Waals surface area (Å²) in [5.41, 5.74) is 1.08. The van der Waals surface area contributed by atoms with Crippen LogP contribution in [0.5, 0.6) is 17.2 Å². The summed E-state index contributed by atoms with van der Waals surface area (Å²) < 4.78 is 16.1. The lowest BCUT2D eigenvalue weighted by atomic mass is 10.1. The third-order valence-corrected chi connectivity index (χ3v) is 3.35. The molecule has 0 aliphatic carbocycles. The van der Waals surface area contributed by atoms with Gasteiger partial charge in [0.25, 0.3) is 0 Å². The molecule has 0 atom stereocenters. The SMILES string of the molecule is CCC(CC)NCc1ccc(OC)c(OC)c1OC. The second-order valence-electron chi connectivity index (χ2n) is 4.39. The van der Waals surface area contributed by atoms with Gasteiger partial charge in [-0.3, -0.25) is 0 Å². The van der Waals surface area contributed by atoms with Gasteiger partial charge in [0.2, 0.25) is 5.75 Å². The van der Waals surface area contributed by atoms with E-state index in [9.17, 15) is 0 Å². The number of hydrogen-bond acceptors (Lipinski definition) is 4. The first-order valence-electron chi connectivity index (χ1n) is 6.72. The predicted molar refractivity (Wildman–Crippen MR) is 77.3 cm³/mol. The van der Waals surface area contributed by atoms with Crippen LogP contribution in [0.2, 0.25) is 0 Å². The highest BCUT2D eigenvalue weighted by molar-refractivity contribution is 5.55. The Morgan fingerprint density at radius 3 is 2.05 bits per heavy atom. The predicted octanol–water partition coefficient (Wildman–Crippen LogP) is 2.99. The Labute approximate surface area is 116 Å². The van der Waals surface area contributed by atoms with Gasteiger partial charge in [0.1, 0.15) is 0 Å². The molecule has 1 aromatic rings. The number of hydrogen-bond donors (Lipinski definition) is 1. The highest BCUT2D eigenvalue weighted by Crippen LogP contribution is 2.39. The summed E-state index contributed by atoms with van der Waals surface area (Å²) in [7, 11) is 4.90. The van der Waals surface area contributed by atoms with Crippen LogP contribution in [-0.4, -0.2) is 27.4 Å². The smallest absolute Gasteiger partial charge is 0.203 e. The van der Waals surface area contributed by atoms with Gasteiger partial charge < -0.3 is 19.5 Å². The van der Waals surface area contributed by atoms with Crippen molar-refractivity contribution in [3.05, 3.63) is 17.7 Å². The Morgan fingerprint density at radius 1 is 0.947 bits per heavy atom. The van der Waals surface area contributed by atoms with Gasteiger partial charge in [0, 0.05) is 18.2 Å². The van der Waals surface area contributed by atoms with E-state index < -0.39 is 0 Å². The quantitative estimate of drug-likeness (QED) is 0.786. The molecule has 0 saturated carbocycles. The number of nitrogens with one attached hydrogen (secondary N) is 1. The van der Waals surface area contributed by atoms with Crippen LogP contribution in [0.4, 0.5) is 0 Å². The topological polar surface area (TPSA) is 39.7 Å². The highest BCUT2D eigenvalue weighted by atomic mass is 16.5. The van der Waals surface area contributed by atoms with Crippen LogP contribution in [0.1, 0.15) is 32.3 Å². The summed E-state index contributed by atoms with van der Waals surface area (Å²) in [6.45, 7) is 5.13. The van der Waals surface area contributed by atoms with E-state index in [2.05, 4.69) is 19.2 Å². The summed E-state index contributed by atoms with van der Waals surface area (Å²) in [5.74, 6) is 2.07. The molecule has 0 aromatic heterocycles. The summed E-state index contributed by atoms with van der Waals surface area (Å²) in [6, 6.07) is 4.44. The lowest BCUT2D eigenvalue weighted by Gasteiger charge is -2.18. The van der Waals surface area contributed by atoms with Crippen molar-refractivity contribution in [2.24, 2.45) is 0 Å². The maximum atomic E-state index is 5.46. The molecule has 108 valence electrons. The molecule has 0 fully saturated rings. The molecule has 0 radical (unpaired) electrons. The maximum absolute atomic E-state index is 5.46. The molecule has 1 rings (SSSR count). The zero-order chi connectivity index (χ0) is 14.3. The minimum absolute atomic E-state index is 0.526. The maximum Gasteiger partial charge on any atom is 0.203 e. The zero-order valence-corrected chi connectivity index (χ0v) is 12.6. The molecule has 1 aromatic carbocycles. The number of benzene rings is 1. The second-order valence-corrected chi connectivity index (χ2v) is 4.39. The molecule has 0 saturated heterocycles. The summed E-state index contributed by atoms with van der Waals surface area (Å²) in [6.07, 6.45) is 2.23. The van der Waals surface area contributed by atoms with Crippen LogP contribution in [-0.2, 0) is 6.54 Å². The van der Waals surface area contributed by atoms with E-state index in [1.807, 2.05) is 12.1 Å². The van der Waals surface area contributed by atoms with E-state index in [0.29, 0.717) is 17.5 Å². The Balaban J connectivity index is 2.94. The third kappa shape index (κ3) is 3.77. The lowest BCUT2D eigenvalue weighted by Crippen LogP contribution is -2.27. The average Bonchev–Trinajstić information content (AvgIpc) is 2.47. The lowest BCUT2D eigenvalue weighted by molar-refractivity contribution is 0.321. The van der Waals surface area contributed by atoms with Crippen molar-refractivity contribution in [3.8, 4) is 17.2 Å². The van der Waals surface area contributed by atoms with E-state index in [-0.39, 0.29) is 0 Å². The first-order chi connectivity index (χ1) is 9.21. The van der Waals surface area contributed by atoms with Gasteiger partial charge >= 0.3 is 0 Å². The van der Waals surface area contributed by atoms with Crippen molar-refractivity contribution in [2.45, 2.75) is 39.3 Å². The molecule has 1 N–H and O–H groups in total. The Morgan fingerprint density at radius 2 is 1.58 bits per heavy atom. The van der Waals surface area contributed by atoms with E-state index in [1.165, 1.54) is 0 Å². The van der Waals surface area contributed by atoms with E-state index >= 15 is 0 Å². The number of ether oxygens (including phenoxy) is 3. The van der Waals surface area contributed by atoms with Crippen molar-refractivity contribution in [1.29, 1.82) is 0 Å². The van der Waals surface area contributed by atoms with E-state index in [1.54, 1.807) is 21.3 Å². The van der Waals surface area contributed by atoms with Crippen molar-refractivity contribution in [3.63, 3.8) is 0 Å². The Bertz CT molecular complexity index is 389. The Hall–Kier alpha value is -1.42. The van der Waals surface area contributed by atoms with Crippen LogP contribution in [0, 0.1) is 0 Å². The molecule has 4 nitrogen and oxygen atoms in total. The molecule has 0 spiro atoms. The van der Waals surface area contributed by atoms with Crippen molar-refractivity contribution in [1.82, 2.24) is 5.32 Å². The summed E-state index contributed by atoms with van der Waals surface area (Å²) >= 11 is 0. The Kier molecular flexibility index (Phi) is 6.50. The average molecular weight is 267 g/mol. The van der Waals surface area contributed by atoms with Crippen LogP contribution >= 0.6 is 0 Å². The van der Waals surface area contributed by atoms with Gasteiger partial charge in [-0.25, -0.2) is 0 Å². The molecule has 0 aliphatic rings. The van der Waals surface area contributed by atoms with Crippen LogP contribution in [0.25, 0.3) is 0 Å². The van der Waals surface area contributed by atoms with Crippen LogP contribution in [0.3, 0.4) is 0 Å². The summed E-state index contributed by atoms with van der Waals surface area (Å²) in [4.78, 5) is 0. The molecular weight excluding hydrogens is 242 g/mol. The molecule has 0 heterocycles. The molecule has 0 bridgehead atoms. The van der Waals surface area contributed by atoms with Gasteiger partial charge in [-0.1, -0.05) is 19.9 Å². The first kappa shape index (κ1) is 15.6. The number of rotatable bonds is 8. The fourth-order valence-corrected chi connectivity index (χ4v) is 2.13. The van der Waals surface area contributed by atoms with Crippen molar-refractivity contribution < 1.29 is 14.2 Å². The molecular formula is C15H25NO3. The van der Waals surface area contributed by atoms with Gasteiger partial charge in [0.15, 0.2) is 11.5 Å². The van der Waals surface area contributed by atoms with Gasteiger partial charge in [-0.15, -0.1) is 0 Å². The zero-order valence-electron chi connectivity index (χ0n) is 12.6. The van der Waals surface area contributed by atoms with Crippen molar-refractivity contribution >= 4 is 0 Å². The van der Waals surface area contributed by atoms with Crippen molar-refractivity contribution in [2.75, 3.05) is 21.3 Å². The molecule has 4 heteroatoms. The van der Waals surface area contributed by atoms with E-state index in [0.717, 1.165) is 30.7 Å². The minimum atomic E-state index is 0.526. The third-order valence-electron chi connectivity index (χ3n) is 3.35. The standard InChI is InChI=1S/C15H25NO3/c1-6-12(7-2)16-10-11-8-9-13(17-3)15(19-5)14(11)18-4/h8-9,12,16H,6-7,10H2,1-5H3. The normalized spacial score (nSPS) is 10.6. The number of methoxy groups -OCH3 is 3. The molecule has 0 unspecified atom stereocenters. The summed E-state index contributed by atoms with van der Waals surface area (Å²) in [5, 5.41) is 3.52. The van der Waals surface area contributed by atoms with E-state index in [4.69, 9.17) is 14.2 Å². The molecule has 0 aliphatic heterocycles. The van der Waals surface area contributed by atoms with Gasteiger partial charge in [-0.05, 0) is 18.9 Å². The second kappa shape index (κ2) is 7.89. The van der Waals surface area contributed by atoms with Gasteiger partial charge in [-0.2, -0.15) is 0 Å². The fraction of sp³-hybridized carbons (Fsp3) is 0.600. The van der Waals surface area contributed by atoms with Crippen LogP contribution in [0.15, 0.2) is 12.1 Å². The fourth-order valence-electron chi connectivity index (χ4n) is 2.13. The minimum Gasteiger partial charge on any atom is -0.493 e.